The fourth-order valence-corrected chi connectivity index (χ4v) is 3.66. The lowest BCUT2D eigenvalue weighted by molar-refractivity contribution is -0.00670. The van der Waals surface area contributed by atoms with Gasteiger partial charge in [-0.1, -0.05) is 38.5 Å². The van der Waals surface area contributed by atoms with E-state index in [9.17, 15) is 5.11 Å². The Balaban J connectivity index is 1.57. The van der Waals surface area contributed by atoms with Crippen molar-refractivity contribution in [2.75, 3.05) is 13.2 Å². The minimum atomic E-state index is -0.358. The van der Waals surface area contributed by atoms with Crippen LogP contribution in [0.25, 0.3) is 0 Å². The fourth-order valence-electron chi connectivity index (χ4n) is 3.66. The molecule has 0 bridgehead atoms. The van der Waals surface area contributed by atoms with Crippen molar-refractivity contribution in [2.24, 2.45) is 5.92 Å². The summed E-state index contributed by atoms with van der Waals surface area (Å²) in [5.41, 5.74) is 0. The standard InChI is InChI=1S/C17H33NO2/c1-14(15-8-4-2-3-5-9-15)18-12-16(19)13-20-17-10-6-7-11-17/h14-19H,2-13H2,1H3/t14-,16?/m1/s1. The van der Waals surface area contributed by atoms with E-state index in [0.717, 1.165) is 5.92 Å². The van der Waals surface area contributed by atoms with Gasteiger partial charge in [0.25, 0.3) is 0 Å². The van der Waals surface area contributed by atoms with Crippen molar-refractivity contribution in [3.8, 4) is 0 Å². The molecule has 2 fully saturated rings. The molecular formula is C17H33NO2. The molecule has 2 atom stereocenters. The highest BCUT2D eigenvalue weighted by Gasteiger charge is 2.20. The molecule has 20 heavy (non-hydrogen) atoms. The van der Waals surface area contributed by atoms with Gasteiger partial charge < -0.3 is 15.2 Å². The molecule has 0 heterocycles. The Morgan fingerprint density at radius 2 is 1.60 bits per heavy atom. The molecule has 1 unspecified atom stereocenters. The molecule has 2 N–H and O–H groups in total. The van der Waals surface area contributed by atoms with Crippen molar-refractivity contribution in [2.45, 2.75) is 89.4 Å². The van der Waals surface area contributed by atoms with Gasteiger partial charge in [-0.25, -0.2) is 0 Å². The van der Waals surface area contributed by atoms with E-state index in [0.29, 0.717) is 25.3 Å². The van der Waals surface area contributed by atoms with E-state index >= 15 is 0 Å². The highest BCUT2D eigenvalue weighted by Crippen LogP contribution is 2.25. The average Bonchev–Trinajstić information content (AvgIpc) is 2.83. The normalized spacial score (nSPS) is 25.5. The van der Waals surface area contributed by atoms with Crippen molar-refractivity contribution in [3.05, 3.63) is 0 Å². The van der Waals surface area contributed by atoms with E-state index in [4.69, 9.17) is 4.74 Å². The SMILES string of the molecule is C[C@@H](NCC(O)COC1CCCC1)C1CCCCCC1. The van der Waals surface area contributed by atoms with Crippen LogP contribution < -0.4 is 5.32 Å². The van der Waals surface area contributed by atoms with Crippen LogP contribution in [0.4, 0.5) is 0 Å². The van der Waals surface area contributed by atoms with Crippen molar-refractivity contribution < 1.29 is 9.84 Å². The third-order valence-corrected chi connectivity index (χ3v) is 5.11. The number of hydrogen-bond acceptors (Lipinski definition) is 3. The van der Waals surface area contributed by atoms with Crippen LogP contribution >= 0.6 is 0 Å². The molecule has 2 aliphatic carbocycles. The van der Waals surface area contributed by atoms with Gasteiger partial charge >= 0.3 is 0 Å². The van der Waals surface area contributed by atoms with Gasteiger partial charge in [0.05, 0.1) is 18.8 Å². The summed E-state index contributed by atoms with van der Waals surface area (Å²) in [4.78, 5) is 0. The predicted molar refractivity (Wildman–Crippen MR) is 82.9 cm³/mol. The lowest BCUT2D eigenvalue weighted by atomic mass is 9.93. The first-order valence-corrected chi connectivity index (χ1v) is 8.78. The van der Waals surface area contributed by atoms with Gasteiger partial charge in [0.1, 0.15) is 0 Å². The smallest absolute Gasteiger partial charge is 0.0897 e. The van der Waals surface area contributed by atoms with Crippen LogP contribution in [0.2, 0.25) is 0 Å². The Morgan fingerprint density at radius 1 is 1.00 bits per heavy atom. The van der Waals surface area contributed by atoms with Gasteiger partial charge in [-0.2, -0.15) is 0 Å². The predicted octanol–water partition coefficient (Wildman–Crippen LogP) is 3.26. The number of aliphatic hydroxyl groups excluding tert-OH is 1. The summed E-state index contributed by atoms with van der Waals surface area (Å²) < 4.78 is 5.77. The molecule has 2 saturated carbocycles. The van der Waals surface area contributed by atoms with Crippen molar-refractivity contribution >= 4 is 0 Å². The van der Waals surface area contributed by atoms with Crippen molar-refractivity contribution in [1.82, 2.24) is 5.32 Å². The van der Waals surface area contributed by atoms with Gasteiger partial charge in [-0.15, -0.1) is 0 Å². The van der Waals surface area contributed by atoms with E-state index in [1.807, 2.05) is 0 Å². The molecule has 0 aromatic carbocycles. The molecule has 2 rings (SSSR count). The van der Waals surface area contributed by atoms with Gasteiger partial charge in [-0.3, -0.25) is 0 Å². The van der Waals surface area contributed by atoms with E-state index in [1.54, 1.807) is 0 Å². The van der Waals surface area contributed by atoms with Crippen LogP contribution in [0.1, 0.15) is 71.1 Å². The minimum Gasteiger partial charge on any atom is -0.389 e. The number of ether oxygens (including phenoxy) is 1. The first-order chi connectivity index (χ1) is 9.75. The van der Waals surface area contributed by atoms with Crippen LogP contribution in [-0.2, 0) is 4.74 Å². The number of aliphatic hydroxyl groups is 1. The maximum absolute atomic E-state index is 10.0. The van der Waals surface area contributed by atoms with Crippen molar-refractivity contribution in [3.63, 3.8) is 0 Å². The summed E-state index contributed by atoms with van der Waals surface area (Å²) in [6, 6.07) is 0.522. The largest absolute Gasteiger partial charge is 0.389 e. The molecule has 0 radical (unpaired) electrons. The molecule has 118 valence electrons. The summed E-state index contributed by atoms with van der Waals surface area (Å²) in [5.74, 6) is 0.792. The highest BCUT2D eigenvalue weighted by molar-refractivity contribution is 4.76. The Labute approximate surface area is 124 Å². The third-order valence-electron chi connectivity index (χ3n) is 5.11. The Hall–Kier alpha value is -0.120. The zero-order valence-corrected chi connectivity index (χ0v) is 13.2. The monoisotopic (exact) mass is 283 g/mol. The topological polar surface area (TPSA) is 41.5 Å². The minimum absolute atomic E-state index is 0.358. The third kappa shape index (κ3) is 5.71. The zero-order valence-electron chi connectivity index (χ0n) is 13.2. The molecule has 0 aliphatic heterocycles. The summed E-state index contributed by atoms with van der Waals surface area (Å²) in [5, 5.41) is 13.6. The molecule has 0 aromatic heterocycles. The maximum Gasteiger partial charge on any atom is 0.0897 e. The Bertz CT molecular complexity index is 245. The summed E-state index contributed by atoms with van der Waals surface area (Å²) in [6.07, 6.45) is 13.3. The number of nitrogens with one attached hydrogen (secondary N) is 1. The van der Waals surface area contributed by atoms with Gasteiger partial charge in [-0.05, 0) is 38.5 Å². The molecule has 3 heteroatoms. The summed E-state index contributed by atoms with van der Waals surface area (Å²) in [6.45, 7) is 3.44. The molecule has 2 aliphatic rings. The second-order valence-corrected chi connectivity index (χ2v) is 6.84. The lowest BCUT2D eigenvalue weighted by Gasteiger charge is -2.25. The zero-order chi connectivity index (χ0) is 14.2. The van der Waals surface area contributed by atoms with Crippen LogP contribution in [-0.4, -0.2) is 36.5 Å². The van der Waals surface area contributed by atoms with E-state index in [1.165, 1.54) is 64.2 Å². The summed E-state index contributed by atoms with van der Waals surface area (Å²) >= 11 is 0. The summed E-state index contributed by atoms with van der Waals surface area (Å²) in [7, 11) is 0. The van der Waals surface area contributed by atoms with Gasteiger partial charge in [0.2, 0.25) is 0 Å². The van der Waals surface area contributed by atoms with Gasteiger partial charge in [0.15, 0.2) is 0 Å². The van der Waals surface area contributed by atoms with Crippen LogP contribution in [0.5, 0.6) is 0 Å². The van der Waals surface area contributed by atoms with E-state index in [-0.39, 0.29) is 6.10 Å². The average molecular weight is 283 g/mol. The molecule has 0 spiro atoms. The Morgan fingerprint density at radius 3 is 2.25 bits per heavy atom. The molecule has 0 saturated heterocycles. The molecular weight excluding hydrogens is 250 g/mol. The molecule has 0 aromatic rings. The first-order valence-electron chi connectivity index (χ1n) is 8.78. The van der Waals surface area contributed by atoms with E-state index in [2.05, 4.69) is 12.2 Å². The quantitative estimate of drug-likeness (QED) is 0.705. The van der Waals surface area contributed by atoms with Crippen LogP contribution in [0.3, 0.4) is 0 Å². The fraction of sp³-hybridized carbons (Fsp3) is 1.00. The maximum atomic E-state index is 10.0. The van der Waals surface area contributed by atoms with Gasteiger partial charge in [0, 0.05) is 12.6 Å². The number of hydrogen-bond donors (Lipinski definition) is 2. The van der Waals surface area contributed by atoms with Crippen LogP contribution in [0, 0.1) is 5.92 Å². The van der Waals surface area contributed by atoms with Crippen LogP contribution in [0.15, 0.2) is 0 Å². The molecule has 3 nitrogen and oxygen atoms in total. The highest BCUT2D eigenvalue weighted by atomic mass is 16.5. The molecule has 0 amide bonds. The second-order valence-electron chi connectivity index (χ2n) is 6.84. The van der Waals surface area contributed by atoms with Crippen molar-refractivity contribution in [1.29, 1.82) is 0 Å². The first kappa shape index (κ1) is 16.3. The number of rotatable bonds is 7. The lowest BCUT2D eigenvalue weighted by Crippen LogP contribution is -2.40. The second kappa shape index (κ2) is 9.01. The Kier molecular flexibility index (Phi) is 7.32. The van der Waals surface area contributed by atoms with E-state index < -0.39 is 0 Å².